The van der Waals surface area contributed by atoms with E-state index in [4.69, 9.17) is 10.1 Å². The second-order valence-electron chi connectivity index (χ2n) is 21.6. The lowest BCUT2D eigenvalue weighted by molar-refractivity contribution is -0.136. The van der Waals surface area contributed by atoms with Crippen molar-refractivity contribution in [3.05, 3.63) is 118 Å². The summed E-state index contributed by atoms with van der Waals surface area (Å²) in [5.41, 5.74) is 7.80. The fraction of sp³-hybridized carbons (Fsp3) is 0.421. The number of amides is 6. The lowest BCUT2D eigenvalue weighted by Crippen LogP contribution is -2.54. The van der Waals surface area contributed by atoms with E-state index in [1.165, 1.54) is 49.9 Å². The van der Waals surface area contributed by atoms with E-state index >= 15 is 0 Å². The number of carbonyl (C=O) groups excluding carboxylic acids is 6. The molecular formula is C57H60N10O6S. The van der Waals surface area contributed by atoms with Gasteiger partial charge in [-0.25, -0.2) is 9.97 Å². The number of nitrogens with zero attached hydrogens (tertiary/aromatic N) is 6. The molecule has 1 saturated heterocycles. The van der Waals surface area contributed by atoms with Crippen LogP contribution in [-0.2, 0) is 29.1 Å². The average molecular weight is 1010 g/mol. The maximum Gasteiger partial charge on any atom is 0.270 e. The summed E-state index contributed by atoms with van der Waals surface area (Å²) in [6, 6.07) is 21.8. The fourth-order valence-corrected chi connectivity index (χ4v) is 14.4. The van der Waals surface area contributed by atoms with Crippen molar-refractivity contribution in [1.29, 1.82) is 0 Å². The van der Waals surface area contributed by atoms with Gasteiger partial charge in [-0.3, -0.25) is 49.0 Å². The number of hydrogen-bond acceptors (Lipinski definition) is 12. The Morgan fingerprint density at radius 2 is 1.55 bits per heavy atom. The van der Waals surface area contributed by atoms with E-state index < -0.39 is 29.7 Å². The van der Waals surface area contributed by atoms with Crippen molar-refractivity contribution in [3.63, 3.8) is 0 Å². The number of para-hydroxylation sites is 1. The number of aromatic nitrogens is 4. The minimum Gasteiger partial charge on any atom is -0.384 e. The molecule has 3 aromatic heterocycles. The Kier molecular flexibility index (Phi) is 12.6. The van der Waals surface area contributed by atoms with E-state index in [1.807, 2.05) is 54.7 Å². The van der Waals surface area contributed by atoms with Crippen LogP contribution in [0.1, 0.15) is 135 Å². The molecule has 5 fully saturated rings. The van der Waals surface area contributed by atoms with Crippen LogP contribution in [0.25, 0.3) is 21.3 Å². The van der Waals surface area contributed by atoms with Crippen molar-refractivity contribution in [1.82, 2.24) is 35.3 Å². The Balaban J connectivity index is 0.720. The van der Waals surface area contributed by atoms with Gasteiger partial charge in [-0.05, 0) is 148 Å². The van der Waals surface area contributed by atoms with E-state index in [2.05, 4.69) is 48.8 Å². The smallest absolute Gasteiger partial charge is 0.270 e. The number of carbonyl (C=O) groups is 6. The molecule has 6 aromatic rings. The molecule has 3 aromatic carbocycles. The standard InChI is InChI=1S/C57H60N10O6S/c1-33-41(30-60-66(33)32-57-27-34-24-35(28-57)26-36(25-34)29-57)38-16-18-47(65-23-20-37-10-8-11-39(42(37)31-65)51(69)64-56-61-43-13-4-5-15-46(43)74-56)62-50(38)53(71)59-22-7-3-2-6-21-58-44-14-9-12-40-49(44)55(73)67(54(40)72)45-17-19-48(68)63-52(45)70/h4-5,8-16,18,30,34-36,45,58H,2-3,6-7,17,19-29,31-32H2,1H3,(H,59,71)(H,61,64,69)(H,63,68,70). The molecular weight excluding hydrogens is 953 g/mol. The molecule has 16 nitrogen and oxygen atoms in total. The van der Waals surface area contributed by atoms with Crippen molar-refractivity contribution < 1.29 is 28.8 Å². The Bertz CT molecular complexity index is 3200. The molecule has 0 spiro atoms. The Morgan fingerprint density at radius 1 is 0.784 bits per heavy atom. The van der Waals surface area contributed by atoms with Crippen molar-refractivity contribution >= 4 is 73.6 Å². The molecule has 4 N–H and O–H groups in total. The quantitative estimate of drug-likeness (QED) is 0.0534. The lowest BCUT2D eigenvalue weighted by atomic mass is 9.49. The Hall–Kier alpha value is -7.27. The van der Waals surface area contributed by atoms with E-state index in [0.717, 1.165) is 93.0 Å². The van der Waals surface area contributed by atoms with Gasteiger partial charge in [0.1, 0.15) is 17.6 Å². The van der Waals surface area contributed by atoms with Gasteiger partial charge in [-0.2, -0.15) is 5.10 Å². The van der Waals surface area contributed by atoms with Gasteiger partial charge in [0, 0.05) is 67.2 Å². The molecule has 13 rings (SSSR count). The zero-order chi connectivity index (χ0) is 50.7. The maximum absolute atomic E-state index is 14.5. The van der Waals surface area contributed by atoms with E-state index in [1.54, 1.807) is 18.2 Å². The molecule has 4 bridgehead atoms. The molecule has 1 unspecified atom stereocenters. The number of thiazole rings is 1. The van der Waals surface area contributed by atoms with Gasteiger partial charge in [0.15, 0.2) is 5.13 Å². The van der Waals surface area contributed by atoms with Crippen molar-refractivity contribution in [2.24, 2.45) is 23.2 Å². The van der Waals surface area contributed by atoms with Gasteiger partial charge in [0.2, 0.25) is 11.8 Å². The van der Waals surface area contributed by atoms with Gasteiger partial charge in [0.05, 0.1) is 27.5 Å². The van der Waals surface area contributed by atoms with Crippen LogP contribution in [0.15, 0.2) is 79.0 Å². The summed E-state index contributed by atoms with van der Waals surface area (Å²) in [5.74, 6) is 0.573. The van der Waals surface area contributed by atoms with Crippen molar-refractivity contribution in [2.45, 2.75) is 110 Å². The van der Waals surface area contributed by atoms with E-state index in [-0.39, 0.29) is 41.2 Å². The monoisotopic (exact) mass is 1010 g/mol. The number of pyridine rings is 1. The number of anilines is 3. The van der Waals surface area contributed by atoms with E-state index in [0.29, 0.717) is 60.5 Å². The normalized spacial score (nSPS) is 22.8. The van der Waals surface area contributed by atoms with E-state index in [9.17, 15) is 28.8 Å². The molecule has 7 aliphatic rings. The second-order valence-corrected chi connectivity index (χ2v) is 22.6. The molecule has 74 heavy (non-hydrogen) atoms. The number of piperidine rings is 1. The number of nitrogens with one attached hydrogen (secondary N) is 4. The first-order valence-corrected chi connectivity index (χ1v) is 27.2. The topological polar surface area (TPSA) is 201 Å². The largest absolute Gasteiger partial charge is 0.384 e. The maximum atomic E-state index is 14.5. The first-order chi connectivity index (χ1) is 36.0. The first-order valence-electron chi connectivity index (χ1n) is 26.4. The summed E-state index contributed by atoms with van der Waals surface area (Å²) in [6.45, 7) is 5.14. The van der Waals surface area contributed by atoms with Crippen molar-refractivity contribution in [3.8, 4) is 11.1 Å². The molecule has 4 aliphatic carbocycles. The SMILES string of the molecule is Cc1c(-c2ccc(N3CCc4cccc(C(=O)Nc5nc6ccccc6s5)c4C3)nc2C(=O)NCCCCCCNc2cccc3c2C(=O)N(C2CCC(=O)NC2=O)C3=O)cnn1CC12CC3CC(CC(C3)C1)C2. The predicted octanol–water partition coefficient (Wildman–Crippen LogP) is 8.70. The molecule has 6 heterocycles. The molecule has 4 saturated carbocycles. The Morgan fingerprint density at radius 3 is 2.34 bits per heavy atom. The predicted molar refractivity (Wildman–Crippen MR) is 282 cm³/mol. The third-order valence-corrected chi connectivity index (χ3v) is 17.6. The third kappa shape index (κ3) is 9.02. The van der Waals surface area contributed by atoms with Crippen LogP contribution in [-0.4, -0.2) is 85.8 Å². The molecule has 1 atom stereocenters. The number of imide groups is 2. The summed E-state index contributed by atoms with van der Waals surface area (Å²) in [6.07, 6.45) is 14.0. The molecule has 3 aliphatic heterocycles. The van der Waals surface area contributed by atoms with Gasteiger partial charge >= 0.3 is 0 Å². The minimum absolute atomic E-state index is 0.0596. The van der Waals surface area contributed by atoms with Gasteiger partial charge in [0.25, 0.3) is 23.6 Å². The number of unbranched alkanes of at least 4 members (excludes halogenated alkanes) is 3. The van der Waals surface area contributed by atoms with Gasteiger partial charge in [-0.15, -0.1) is 0 Å². The lowest BCUT2D eigenvalue weighted by Gasteiger charge is -2.56. The molecule has 380 valence electrons. The highest BCUT2D eigenvalue weighted by atomic mass is 32.1. The zero-order valence-electron chi connectivity index (χ0n) is 41.6. The molecule has 17 heteroatoms. The molecule has 6 amide bonds. The first kappa shape index (κ1) is 47.7. The van der Waals surface area contributed by atoms with Crippen LogP contribution in [0.2, 0.25) is 0 Å². The highest BCUT2D eigenvalue weighted by Gasteiger charge is 2.51. The summed E-state index contributed by atoms with van der Waals surface area (Å²) >= 11 is 1.45. The van der Waals surface area contributed by atoms with Crippen LogP contribution >= 0.6 is 11.3 Å². The second kappa shape index (κ2) is 19.5. The van der Waals surface area contributed by atoms with Crippen LogP contribution < -0.4 is 26.2 Å². The Labute approximate surface area is 433 Å². The fourth-order valence-electron chi connectivity index (χ4n) is 13.5. The number of fused-ring (bicyclic) bond motifs is 3. The summed E-state index contributed by atoms with van der Waals surface area (Å²) in [7, 11) is 0. The van der Waals surface area contributed by atoms with Crippen molar-refractivity contribution in [2.75, 3.05) is 35.2 Å². The van der Waals surface area contributed by atoms with Gasteiger partial charge < -0.3 is 15.5 Å². The van der Waals surface area contributed by atoms with Gasteiger partial charge in [-0.1, -0.05) is 54.5 Å². The third-order valence-electron chi connectivity index (χ3n) is 16.7. The average Bonchev–Trinajstić information content (AvgIpc) is 4.05. The number of rotatable bonds is 16. The summed E-state index contributed by atoms with van der Waals surface area (Å²) in [4.78, 5) is 92.5. The zero-order valence-corrected chi connectivity index (χ0v) is 42.4. The minimum atomic E-state index is -1.02. The van der Waals surface area contributed by atoms with Crippen LogP contribution in [0.4, 0.5) is 16.6 Å². The van der Waals surface area contributed by atoms with Crippen LogP contribution in [0, 0.1) is 30.1 Å². The number of benzene rings is 3. The molecule has 0 radical (unpaired) electrons. The van der Waals surface area contributed by atoms with Crippen LogP contribution in [0.3, 0.4) is 0 Å². The summed E-state index contributed by atoms with van der Waals surface area (Å²) < 4.78 is 3.19. The highest BCUT2D eigenvalue weighted by molar-refractivity contribution is 7.22. The number of hydrogen-bond donors (Lipinski definition) is 4. The summed E-state index contributed by atoms with van der Waals surface area (Å²) in [5, 5.41) is 17.4. The highest BCUT2D eigenvalue weighted by Crippen LogP contribution is 2.60. The van der Waals surface area contributed by atoms with Crippen LogP contribution in [0.5, 0.6) is 0 Å².